The molecule has 1 saturated heterocycles. The van der Waals surface area contributed by atoms with Gasteiger partial charge in [-0.15, -0.1) is 0 Å². The van der Waals surface area contributed by atoms with E-state index in [1.54, 1.807) is 6.92 Å². The number of rotatable bonds is 3. The van der Waals surface area contributed by atoms with Crippen molar-refractivity contribution in [2.45, 2.75) is 12.8 Å². The van der Waals surface area contributed by atoms with Crippen molar-refractivity contribution >= 4 is 5.97 Å². The van der Waals surface area contributed by atoms with Crippen molar-refractivity contribution in [1.29, 1.82) is 0 Å². The maximum absolute atomic E-state index is 13.2. The molecule has 5 heteroatoms. The topological polar surface area (TPSA) is 38.3 Å². The molecule has 0 amide bonds. The van der Waals surface area contributed by atoms with Gasteiger partial charge in [-0.3, -0.25) is 4.79 Å². The Labute approximate surface area is 104 Å². The van der Waals surface area contributed by atoms with Crippen LogP contribution in [-0.2, 0) is 9.53 Å². The van der Waals surface area contributed by atoms with E-state index in [2.05, 4.69) is 5.32 Å². The van der Waals surface area contributed by atoms with Crippen molar-refractivity contribution in [3.8, 4) is 0 Å². The number of benzene rings is 1. The second kappa shape index (κ2) is 5.44. The molecule has 2 rings (SSSR count). The molecule has 1 heterocycles. The number of hydrogen-bond acceptors (Lipinski definition) is 3. The van der Waals surface area contributed by atoms with Crippen LogP contribution in [0.15, 0.2) is 18.2 Å². The molecule has 0 unspecified atom stereocenters. The molecule has 1 aromatic rings. The molecular weight excluding hydrogens is 240 g/mol. The Morgan fingerprint density at radius 1 is 1.39 bits per heavy atom. The summed E-state index contributed by atoms with van der Waals surface area (Å²) in [5.74, 6) is -2.56. The fraction of sp³-hybridized carbons (Fsp3) is 0.462. The predicted octanol–water partition coefficient (Wildman–Crippen LogP) is 1.83. The second-order valence-corrected chi connectivity index (χ2v) is 4.30. The third-order valence-corrected chi connectivity index (χ3v) is 3.18. The van der Waals surface area contributed by atoms with Gasteiger partial charge in [0.15, 0.2) is 11.6 Å². The highest BCUT2D eigenvalue weighted by Gasteiger charge is 2.35. The number of nitrogens with one attached hydrogen (secondary N) is 1. The summed E-state index contributed by atoms with van der Waals surface area (Å²) in [6, 6.07) is 3.76. The summed E-state index contributed by atoms with van der Waals surface area (Å²) >= 11 is 0. The average molecular weight is 255 g/mol. The Morgan fingerprint density at radius 3 is 2.83 bits per heavy atom. The third-order valence-electron chi connectivity index (χ3n) is 3.18. The van der Waals surface area contributed by atoms with E-state index in [1.165, 1.54) is 6.07 Å². The summed E-state index contributed by atoms with van der Waals surface area (Å²) in [6.07, 6.45) is 0. The average Bonchev–Trinajstić information content (AvgIpc) is 2.82. The van der Waals surface area contributed by atoms with E-state index in [9.17, 15) is 13.6 Å². The van der Waals surface area contributed by atoms with Gasteiger partial charge >= 0.3 is 5.97 Å². The minimum Gasteiger partial charge on any atom is -0.466 e. The van der Waals surface area contributed by atoms with Crippen molar-refractivity contribution in [1.82, 2.24) is 5.32 Å². The highest BCUT2D eigenvalue weighted by molar-refractivity contribution is 5.74. The van der Waals surface area contributed by atoms with Crippen LogP contribution in [0, 0.1) is 17.6 Å². The summed E-state index contributed by atoms with van der Waals surface area (Å²) < 4.78 is 31.1. The normalized spacial score (nSPS) is 23.1. The van der Waals surface area contributed by atoms with Crippen LogP contribution in [0.5, 0.6) is 0 Å². The van der Waals surface area contributed by atoms with Crippen molar-refractivity contribution in [3.05, 3.63) is 35.4 Å². The zero-order valence-corrected chi connectivity index (χ0v) is 10.1. The van der Waals surface area contributed by atoms with E-state index < -0.39 is 11.6 Å². The Hall–Kier alpha value is -1.49. The first kappa shape index (κ1) is 13.0. The molecule has 1 N–H and O–H groups in total. The van der Waals surface area contributed by atoms with Gasteiger partial charge in [0.05, 0.1) is 12.5 Å². The molecule has 0 bridgehead atoms. The summed E-state index contributed by atoms with van der Waals surface area (Å²) in [5.41, 5.74) is 0.622. The van der Waals surface area contributed by atoms with Crippen LogP contribution in [0.1, 0.15) is 18.4 Å². The Kier molecular flexibility index (Phi) is 3.91. The molecule has 98 valence electrons. The fourth-order valence-corrected chi connectivity index (χ4v) is 2.27. The standard InChI is InChI=1S/C13H15F2NO2/c1-2-18-13(17)10-7-16-6-9(10)8-3-4-11(14)12(15)5-8/h3-5,9-10,16H,2,6-7H2,1H3/t9-,10+/m0/s1. The lowest BCUT2D eigenvalue weighted by molar-refractivity contribution is -0.147. The molecule has 18 heavy (non-hydrogen) atoms. The molecule has 1 aliphatic rings. The first-order chi connectivity index (χ1) is 8.63. The zero-order valence-electron chi connectivity index (χ0n) is 10.1. The lowest BCUT2D eigenvalue weighted by Gasteiger charge is -2.17. The van der Waals surface area contributed by atoms with Gasteiger partial charge in [0.2, 0.25) is 0 Å². The number of esters is 1. The maximum atomic E-state index is 13.2. The lowest BCUT2D eigenvalue weighted by Crippen LogP contribution is -2.24. The minimum absolute atomic E-state index is 0.167. The van der Waals surface area contributed by atoms with E-state index in [4.69, 9.17) is 4.74 Å². The molecule has 0 aliphatic carbocycles. The number of carbonyl (C=O) groups is 1. The quantitative estimate of drug-likeness (QED) is 0.837. The molecule has 1 aliphatic heterocycles. The van der Waals surface area contributed by atoms with E-state index in [0.29, 0.717) is 25.3 Å². The molecule has 2 atom stereocenters. The van der Waals surface area contributed by atoms with Gasteiger partial charge in [0, 0.05) is 19.0 Å². The van der Waals surface area contributed by atoms with E-state index in [0.717, 1.165) is 12.1 Å². The van der Waals surface area contributed by atoms with E-state index >= 15 is 0 Å². The van der Waals surface area contributed by atoms with Crippen LogP contribution in [0.2, 0.25) is 0 Å². The highest BCUT2D eigenvalue weighted by atomic mass is 19.2. The van der Waals surface area contributed by atoms with Crippen LogP contribution in [0.4, 0.5) is 8.78 Å². The molecule has 0 aromatic heterocycles. The molecule has 1 aromatic carbocycles. The number of ether oxygens (including phenoxy) is 1. The Bertz CT molecular complexity index is 451. The van der Waals surface area contributed by atoms with Gasteiger partial charge in [-0.05, 0) is 24.6 Å². The van der Waals surface area contributed by atoms with Crippen molar-refractivity contribution in [3.63, 3.8) is 0 Å². The van der Waals surface area contributed by atoms with Gasteiger partial charge in [-0.2, -0.15) is 0 Å². The molecular formula is C13H15F2NO2. The van der Waals surface area contributed by atoms with Gasteiger partial charge in [-0.25, -0.2) is 8.78 Å². The molecule has 0 saturated carbocycles. The summed E-state index contributed by atoms with van der Waals surface area (Å²) in [6.45, 7) is 3.13. The van der Waals surface area contributed by atoms with Crippen LogP contribution in [-0.4, -0.2) is 25.7 Å². The summed E-state index contributed by atoms with van der Waals surface area (Å²) in [4.78, 5) is 11.8. The third kappa shape index (κ3) is 2.51. The van der Waals surface area contributed by atoms with Gasteiger partial charge in [0.1, 0.15) is 0 Å². The monoisotopic (exact) mass is 255 g/mol. The van der Waals surface area contributed by atoms with Gasteiger partial charge in [-0.1, -0.05) is 6.07 Å². The molecule has 0 radical (unpaired) electrons. The Balaban J connectivity index is 2.20. The van der Waals surface area contributed by atoms with Crippen molar-refractivity contribution < 1.29 is 18.3 Å². The zero-order chi connectivity index (χ0) is 13.1. The SMILES string of the molecule is CCOC(=O)[C@@H]1CNC[C@H]1c1ccc(F)c(F)c1. The number of hydrogen-bond donors (Lipinski definition) is 1. The van der Waals surface area contributed by atoms with Crippen molar-refractivity contribution in [2.75, 3.05) is 19.7 Å². The molecule has 0 spiro atoms. The first-order valence-electron chi connectivity index (χ1n) is 5.95. The van der Waals surface area contributed by atoms with E-state index in [1.807, 2.05) is 0 Å². The highest BCUT2D eigenvalue weighted by Crippen LogP contribution is 2.29. The number of halogens is 2. The van der Waals surface area contributed by atoms with Crippen LogP contribution in [0.25, 0.3) is 0 Å². The number of carbonyl (C=O) groups excluding carboxylic acids is 1. The van der Waals surface area contributed by atoms with Crippen LogP contribution >= 0.6 is 0 Å². The minimum atomic E-state index is -0.887. The van der Waals surface area contributed by atoms with Crippen LogP contribution < -0.4 is 5.32 Å². The molecule has 1 fully saturated rings. The lowest BCUT2D eigenvalue weighted by atomic mass is 9.89. The fourth-order valence-electron chi connectivity index (χ4n) is 2.27. The maximum Gasteiger partial charge on any atom is 0.310 e. The summed E-state index contributed by atoms with van der Waals surface area (Å²) in [5, 5.41) is 3.08. The first-order valence-corrected chi connectivity index (χ1v) is 5.95. The Morgan fingerprint density at radius 2 is 2.17 bits per heavy atom. The van der Waals surface area contributed by atoms with Crippen LogP contribution in [0.3, 0.4) is 0 Å². The van der Waals surface area contributed by atoms with Crippen molar-refractivity contribution in [2.24, 2.45) is 5.92 Å². The second-order valence-electron chi connectivity index (χ2n) is 4.30. The summed E-state index contributed by atoms with van der Waals surface area (Å²) in [7, 11) is 0. The van der Waals surface area contributed by atoms with Gasteiger partial charge in [0.25, 0.3) is 0 Å². The largest absolute Gasteiger partial charge is 0.466 e. The van der Waals surface area contributed by atoms with Gasteiger partial charge < -0.3 is 10.1 Å². The van der Waals surface area contributed by atoms with E-state index in [-0.39, 0.29) is 17.8 Å². The smallest absolute Gasteiger partial charge is 0.310 e. The molecule has 3 nitrogen and oxygen atoms in total. The predicted molar refractivity (Wildman–Crippen MR) is 62.1 cm³/mol.